The van der Waals surface area contributed by atoms with Crippen molar-refractivity contribution in [2.24, 2.45) is 0 Å². The Morgan fingerprint density at radius 2 is 1.92 bits per heavy atom. The highest BCUT2D eigenvalue weighted by atomic mass is 35.6. The molecule has 1 aromatic rings. The molecule has 0 saturated carbocycles. The number of halogens is 1. The van der Waals surface area contributed by atoms with E-state index in [1.54, 1.807) is 0 Å². The van der Waals surface area contributed by atoms with Gasteiger partial charge >= 0.3 is 0 Å². The third-order valence-electron chi connectivity index (χ3n) is 1.88. The summed E-state index contributed by atoms with van der Waals surface area (Å²) < 4.78 is 0. The second-order valence-electron chi connectivity index (χ2n) is 3.44. The van der Waals surface area contributed by atoms with Gasteiger partial charge in [0.2, 0.25) is 0 Å². The van der Waals surface area contributed by atoms with Gasteiger partial charge in [0.05, 0.1) is 0 Å². The van der Waals surface area contributed by atoms with Crippen LogP contribution in [0.25, 0.3) is 0 Å². The first-order valence-corrected chi connectivity index (χ1v) is 7.92. The molecule has 0 radical (unpaired) electrons. The van der Waals surface area contributed by atoms with Crippen LogP contribution >= 0.6 is 11.1 Å². The average Bonchev–Trinajstić information content (AvgIpc) is 1.92. The fourth-order valence-corrected chi connectivity index (χ4v) is 2.85. The second-order valence-corrected chi connectivity index (χ2v) is 9.76. The number of hydrogen-bond donors (Lipinski definition) is 1. The summed E-state index contributed by atoms with van der Waals surface area (Å²) in [5.74, 6) is 0.365. The third kappa shape index (κ3) is 1.82. The zero-order chi connectivity index (χ0) is 9.35. The van der Waals surface area contributed by atoms with Crippen molar-refractivity contribution in [2.75, 3.05) is 0 Å². The minimum atomic E-state index is -1.89. The molecule has 12 heavy (non-hydrogen) atoms. The van der Waals surface area contributed by atoms with Crippen molar-refractivity contribution in [1.82, 2.24) is 0 Å². The summed E-state index contributed by atoms with van der Waals surface area (Å²) in [6, 6.07) is 5.72. The van der Waals surface area contributed by atoms with Crippen molar-refractivity contribution in [2.45, 2.75) is 20.0 Å². The van der Waals surface area contributed by atoms with E-state index in [0.717, 1.165) is 10.8 Å². The van der Waals surface area contributed by atoms with Crippen LogP contribution in [0.2, 0.25) is 13.1 Å². The van der Waals surface area contributed by atoms with E-state index in [1.807, 2.05) is 38.2 Å². The summed E-state index contributed by atoms with van der Waals surface area (Å²) in [7, 11) is -1.89. The summed E-state index contributed by atoms with van der Waals surface area (Å²) in [5, 5.41) is 10.6. The summed E-state index contributed by atoms with van der Waals surface area (Å²) in [4.78, 5) is 0. The first-order valence-electron chi connectivity index (χ1n) is 3.91. The smallest absolute Gasteiger partial charge is 0.185 e. The maximum absolute atomic E-state index is 9.68. The van der Waals surface area contributed by atoms with Gasteiger partial charge in [-0.05, 0) is 17.7 Å². The van der Waals surface area contributed by atoms with E-state index in [9.17, 15) is 5.11 Å². The van der Waals surface area contributed by atoms with Gasteiger partial charge in [0.25, 0.3) is 0 Å². The number of aryl methyl sites for hydroxylation is 1. The van der Waals surface area contributed by atoms with Crippen molar-refractivity contribution < 1.29 is 5.11 Å². The molecular weight excluding hydrogens is 188 g/mol. The molecule has 1 nitrogen and oxygen atoms in total. The molecule has 0 aromatic heterocycles. The largest absolute Gasteiger partial charge is 0.508 e. The van der Waals surface area contributed by atoms with Crippen molar-refractivity contribution in [3.05, 3.63) is 23.8 Å². The van der Waals surface area contributed by atoms with E-state index in [0.29, 0.717) is 5.75 Å². The van der Waals surface area contributed by atoms with Gasteiger partial charge in [0, 0.05) is 0 Å². The highest BCUT2D eigenvalue weighted by Crippen LogP contribution is 2.19. The van der Waals surface area contributed by atoms with Crippen molar-refractivity contribution >= 4 is 23.6 Å². The lowest BCUT2D eigenvalue weighted by atomic mass is 10.2. The van der Waals surface area contributed by atoms with E-state index in [4.69, 9.17) is 11.1 Å². The summed E-state index contributed by atoms with van der Waals surface area (Å²) in [6.07, 6.45) is 0. The lowest BCUT2D eigenvalue weighted by Gasteiger charge is -2.16. The monoisotopic (exact) mass is 200 g/mol. The predicted molar refractivity (Wildman–Crippen MR) is 55.8 cm³/mol. The number of phenolic OH excluding ortho intramolecular Hbond substituents is 1. The van der Waals surface area contributed by atoms with E-state index in [2.05, 4.69) is 0 Å². The minimum Gasteiger partial charge on any atom is -0.508 e. The van der Waals surface area contributed by atoms with Gasteiger partial charge in [-0.15, -0.1) is 0 Å². The fraction of sp³-hybridized carbons (Fsp3) is 0.333. The molecule has 66 valence electrons. The zero-order valence-corrected chi connectivity index (χ0v) is 9.31. The Morgan fingerprint density at radius 3 is 2.33 bits per heavy atom. The van der Waals surface area contributed by atoms with E-state index in [1.165, 1.54) is 0 Å². The molecule has 0 saturated heterocycles. The number of benzene rings is 1. The molecule has 1 aromatic carbocycles. The number of phenols is 1. The zero-order valence-electron chi connectivity index (χ0n) is 7.56. The maximum Gasteiger partial charge on any atom is 0.185 e. The topological polar surface area (TPSA) is 20.2 Å². The molecular formula is C9H13ClOSi. The second kappa shape index (κ2) is 3.11. The van der Waals surface area contributed by atoms with Gasteiger partial charge in [-0.25, -0.2) is 0 Å². The van der Waals surface area contributed by atoms with Crippen molar-refractivity contribution in [3.63, 3.8) is 0 Å². The molecule has 0 unspecified atom stereocenters. The maximum atomic E-state index is 9.68. The quantitative estimate of drug-likeness (QED) is 0.545. The predicted octanol–water partition coefficient (Wildman–Crippen LogP) is 2.35. The lowest BCUT2D eigenvalue weighted by molar-refractivity contribution is 0.475. The number of aromatic hydroxyl groups is 1. The molecule has 3 heteroatoms. The van der Waals surface area contributed by atoms with Crippen LogP contribution in [-0.4, -0.2) is 12.5 Å². The molecule has 1 N–H and O–H groups in total. The van der Waals surface area contributed by atoms with Gasteiger partial charge in [-0.2, -0.15) is 11.1 Å². The Balaban J connectivity index is 3.26. The average molecular weight is 201 g/mol. The lowest BCUT2D eigenvalue weighted by Crippen LogP contribution is -2.35. The van der Waals surface area contributed by atoms with Gasteiger partial charge in [0.1, 0.15) is 5.75 Å². The molecule has 0 fully saturated rings. The van der Waals surface area contributed by atoms with Gasteiger partial charge < -0.3 is 5.11 Å². The van der Waals surface area contributed by atoms with Crippen molar-refractivity contribution in [3.8, 4) is 5.75 Å². The molecule has 0 aliphatic rings. The van der Waals surface area contributed by atoms with Crippen LogP contribution in [0.3, 0.4) is 0 Å². The fourth-order valence-electron chi connectivity index (χ4n) is 1.14. The minimum absolute atomic E-state index is 0.365. The van der Waals surface area contributed by atoms with Crippen LogP contribution in [0.15, 0.2) is 18.2 Å². The Kier molecular flexibility index (Phi) is 2.49. The molecule has 0 bridgehead atoms. The number of rotatable bonds is 1. The van der Waals surface area contributed by atoms with Crippen LogP contribution < -0.4 is 5.19 Å². The Bertz CT molecular complexity index is 291. The van der Waals surface area contributed by atoms with Gasteiger partial charge in [-0.3, -0.25) is 0 Å². The molecule has 0 spiro atoms. The van der Waals surface area contributed by atoms with E-state index in [-0.39, 0.29) is 0 Å². The summed E-state index contributed by atoms with van der Waals surface area (Å²) >= 11 is 6.21. The van der Waals surface area contributed by atoms with Crippen LogP contribution in [0, 0.1) is 6.92 Å². The Labute approximate surface area is 78.7 Å². The molecule has 0 atom stereocenters. The highest BCUT2D eigenvalue weighted by molar-refractivity contribution is 7.26. The van der Waals surface area contributed by atoms with Gasteiger partial charge in [0.15, 0.2) is 7.38 Å². The molecule has 0 aliphatic carbocycles. The molecule has 0 heterocycles. The standard InChI is InChI=1S/C9H13ClOSi/c1-7-5-4-6-8(9(7)11)12(2,3)10/h4-6,11H,1-3H3. The molecule has 0 amide bonds. The highest BCUT2D eigenvalue weighted by Gasteiger charge is 2.23. The SMILES string of the molecule is Cc1cccc([Si](C)(C)Cl)c1O. The van der Waals surface area contributed by atoms with Crippen molar-refractivity contribution in [1.29, 1.82) is 0 Å². The molecule has 1 rings (SSSR count). The van der Waals surface area contributed by atoms with Crippen LogP contribution in [-0.2, 0) is 0 Å². The Morgan fingerprint density at radius 1 is 1.33 bits per heavy atom. The third-order valence-corrected chi connectivity index (χ3v) is 4.17. The van der Waals surface area contributed by atoms with Gasteiger partial charge in [-0.1, -0.05) is 31.3 Å². The Hall–Kier alpha value is -0.473. The number of para-hydroxylation sites is 1. The van der Waals surface area contributed by atoms with Crippen LogP contribution in [0.5, 0.6) is 5.75 Å². The molecule has 0 aliphatic heterocycles. The first-order chi connectivity index (χ1) is 5.43. The van der Waals surface area contributed by atoms with Crippen LogP contribution in [0.1, 0.15) is 5.56 Å². The first kappa shape index (κ1) is 9.61. The number of hydrogen-bond acceptors (Lipinski definition) is 1. The van der Waals surface area contributed by atoms with Crippen LogP contribution in [0.4, 0.5) is 0 Å². The van der Waals surface area contributed by atoms with E-state index < -0.39 is 7.38 Å². The summed E-state index contributed by atoms with van der Waals surface area (Å²) in [6.45, 7) is 5.89. The normalized spacial score (nSPS) is 11.7. The summed E-state index contributed by atoms with van der Waals surface area (Å²) in [5.41, 5.74) is 0.897. The van der Waals surface area contributed by atoms with E-state index >= 15 is 0 Å².